The maximum atomic E-state index is 12.1. The number of esters is 2. The molecule has 8 nitrogen and oxygen atoms in total. The van der Waals surface area contributed by atoms with Gasteiger partial charge in [0.15, 0.2) is 0 Å². The van der Waals surface area contributed by atoms with Gasteiger partial charge in [-0.3, -0.25) is 0 Å². The molecule has 0 spiro atoms. The van der Waals surface area contributed by atoms with Gasteiger partial charge in [0.1, 0.15) is 5.57 Å². The predicted octanol–water partition coefficient (Wildman–Crippen LogP) is 2.12. The molecule has 0 aromatic heterocycles. The number of hydrogen-bond acceptors (Lipinski definition) is 8. The van der Waals surface area contributed by atoms with Gasteiger partial charge in [-0.2, -0.15) is 0 Å². The Balaban J connectivity index is 4.93. The van der Waals surface area contributed by atoms with Crippen LogP contribution in [0.3, 0.4) is 0 Å². The molecule has 0 atom stereocenters. The fraction of sp³-hybridized carbons (Fsp3) is 0.750. The van der Waals surface area contributed by atoms with Gasteiger partial charge in [0.2, 0.25) is 0 Å². The molecule has 24 heavy (non-hydrogen) atoms. The molecule has 0 aliphatic carbocycles. The standard InChI is InChI=1S/C16H28O8/c1-8-19-15(6,20-9-2)23-13(17)12(5)14(18)24-16(7,21-10-3)22-11-4/h5,8-11H2,1-4,6-7H3. The molecule has 0 heterocycles. The van der Waals surface area contributed by atoms with Crippen molar-refractivity contribution in [2.75, 3.05) is 26.4 Å². The summed E-state index contributed by atoms with van der Waals surface area (Å²) in [4.78, 5) is 24.2. The fourth-order valence-electron chi connectivity index (χ4n) is 1.79. The predicted molar refractivity (Wildman–Crippen MR) is 84.6 cm³/mol. The first-order valence-electron chi connectivity index (χ1n) is 7.88. The molecular weight excluding hydrogens is 320 g/mol. The molecule has 0 amide bonds. The Labute approximate surface area is 143 Å². The molecule has 0 saturated heterocycles. The third-order valence-corrected chi connectivity index (χ3v) is 2.68. The lowest BCUT2D eigenvalue weighted by Crippen LogP contribution is -2.41. The zero-order chi connectivity index (χ0) is 18.8. The van der Waals surface area contributed by atoms with E-state index in [-0.39, 0.29) is 26.4 Å². The van der Waals surface area contributed by atoms with Crippen LogP contribution >= 0.6 is 0 Å². The average Bonchev–Trinajstić information content (AvgIpc) is 2.46. The van der Waals surface area contributed by atoms with Crippen LogP contribution in [0.15, 0.2) is 12.2 Å². The molecule has 0 rings (SSSR count). The number of carbonyl (C=O) groups is 2. The Morgan fingerprint density at radius 1 is 0.708 bits per heavy atom. The van der Waals surface area contributed by atoms with Crippen molar-refractivity contribution >= 4 is 11.9 Å². The minimum Gasteiger partial charge on any atom is -0.404 e. The second-order valence-corrected chi connectivity index (χ2v) is 4.71. The molecular formula is C16H28O8. The van der Waals surface area contributed by atoms with E-state index < -0.39 is 29.5 Å². The van der Waals surface area contributed by atoms with Crippen molar-refractivity contribution in [1.29, 1.82) is 0 Å². The third kappa shape index (κ3) is 7.39. The largest absolute Gasteiger partial charge is 0.404 e. The van der Waals surface area contributed by atoms with E-state index in [0.29, 0.717) is 0 Å². The van der Waals surface area contributed by atoms with Crippen LogP contribution in [0.4, 0.5) is 0 Å². The molecule has 0 aliphatic rings. The molecule has 0 fully saturated rings. The van der Waals surface area contributed by atoms with Crippen LogP contribution in [0.5, 0.6) is 0 Å². The molecule has 0 unspecified atom stereocenters. The van der Waals surface area contributed by atoms with Crippen LogP contribution in [-0.2, 0) is 38.0 Å². The van der Waals surface area contributed by atoms with E-state index in [9.17, 15) is 9.59 Å². The first kappa shape index (κ1) is 22.5. The van der Waals surface area contributed by atoms with E-state index in [1.165, 1.54) is 13.8 Å². The Morgan fingerprint density at radius 3 is 1.17 bits per heavy atom. The Morgan fingerprint density at radius 2 is 0.958 bits per heavy atom. The van der Waals surface area contributed by atoms with E-state index in [1.54, 1.807) is 27.7 Å². The maximum Gasteiger partial charge on any atom is 0.349 e. The first-order chi connectivity index (χ1) is 11.2. The Bertz CT molecular complexity index is 382. The van der Waals surface area contributed by atoms with E-state index in [4.69, 9.17) is 28.4 Å². The molecule has 0 saturated carbocycles. The average molecular weight is 348 g/mol. The monoisotopic (exact) mass is 348 g/mol. The fourth-order valence-corrected chi connectivity index (χ4v) is 1.79. The van der Waals surface area contributed by atoms with Crippen molar-refractivity contribution < 1.29 is 38.0 Å². The Hall–Kier alpha value is -1.48. The van der Waals surface area contributed by atoms with Crippen molar-refractivity contribution in [3.8, 4) is 0 Å². The maximum absolute atomic E-state index is 12.1. The second kappa shape index (κ2) is 10.4. The lowest BCUT2D eigenvalue weighted by molar-refractivity contribution is -0.350. The van der Waals surface area contributed by atoms with Gasteiger partial charge >= 0.3 is 23.9 Å². The highest BCUT2D eigenvalue weighted by Gasteiger charge is 2.36. The SMILES string of the molecule is C=C(C(=O)OC(C)(OCC)OCC)C(=O)OC(C)(OCC)OCC. The summed E-state index contributed by atoms with van der Waals surface area (Å²) >= 11 is 0. The third-order valence-electron chi connectivity index (χ3n) is 2.68. The van der Waals surface area contributed by atoms with Gasteiger partial charge in [-0.05, 0) is 27.7 Å². The number of rotatable bonds is 12. The number of hydrogen-bond donors (Lipinski definition) is 0. The molecule has 0 aliphatic heterocycles. The summed E-state index contributed by atoms with van der Waals surface area (Å²) in [6.45, 7) is 14.0. The first-order valence-corrected chi connectivity index (χ1v) is 7.88. The van der Waals surface area contributed by atoms with Gasteiger partial charge in [0, 0.05) is 13.8 Å². The molecule has 8 heteroatoms. The summed E-state index contributed by atoms with van der Waals surface area (Å²) in [6, 6.07) is 0. The Kier molecular flexibility index (Phi) is 9.76. The van der Waals surface area contributed by atoms with Crippen molar-refractivity contribution in [3.63, 3.8) is 0 Å². The summed E-state index contributed by atoms with van der Waals surface area (Å²) in [6.07, 6.45) is 0. The molecule has 0 radical (unpaired) electrons. The van der Waals surface area contributed by atoms with Crippen LogP contribution in [-0.4, -0.2) is 50.3 Å². The summed E-state index contributed by atoms with van der Waals surface area (Å²) < 4.78 is 31.1. The van der Waals surface area contributed by atoms with Gasteiger partial charge in [-0.15, -0.1) is 0 Å². The lowest BCUT2D eigenvalue weighted by atomic mass is 10.3. The minimum atomic E-state index is -1.62. The molecule has 0 aromatic carbocycles. The highest BCUT2D eigenvalue weighted by molar-refractivity contribution is 6.13. The smallest absolute Gasteiger partial charge is 0.349 e. The van der Waals surface area contributed by atoms with Crippen LogP contribution in [0.25, 0.3) is 0 Å². The summed E-state index contributed by atoms with van der Waals surface area (Å²) in [7, 11) is 0. The van der Waals surface area contributed by atoms with Gasteiger partial charge in [-0.1, -0.05) is 6.58 Å². The van der Waals surface area contributed by atoms with E-state index >= 15 is 0 Å². The van der Waals surface area contributed by atoms with Crippen LogP contribution < -0.4 is 0 Å². The quantitative estimate of drug-likeness (QED) is 0.174. The van der Waals surface area contributed by atoms with Crippen molar-refractivity contribution in [3.05, 3.63) is 12.2 Å². The van der Waals surface area contributed by atoms with Crippen LogP contribution in [0.2, 0.25) is 0 Å². The van der Waals surface area contributed by atoms with E-state index in [2.05, 4.69) is 6.58 Å². The molecule has 0 aromatic rings. The highest BCUT2D eigenvalue weighted by atomic mass is 16.9. The molecule has 0 N–H and O–H groups in total. The van der Waals surface area contributed by atoms with E-state index in [0.717, 1.165) is 0 Å². The minimum absolute atomic E-state index is 0.244. The summed E-state index contributed by atoms with van der Waals surface area (Å²) in [5.74, 6) is -5.29. The highest BCUT2D eigenvalue weighted by Crippen LogP contribution is 2.20. The van der Waals surface area contributed by atoms with Gasteiger partial charge in [-0.25, -0.2) is 9.59 Å². The zero-order valence-electron chi connectivity index (χ0n) is 15.3. The van der Waals surface area contributed by atoms with Gasteiger partial charge in [0.25, 0.3) is 0 Å². The van der Waals surface area contributed by atoms with Crippen molar-refractivity contribution in [2.45, 2.75) is 53.5 Å². The zero-order valence-corrected chi connectivity index (χ0v) is 15.3. The van der Waals surface area contributed by atoms with Gasteiger partial charge in [0.05, 0.1) is 26.4 Å². The summed E-state index contributed by atoms with van der Waals surface area (Å²) in [5, 5.41) is 0. The number of ether oxygens (including phenoxy) is 6. The van der Waals surface area contributed by atoms with Crippen molar-refractivity contribution in [1.82, 2.24) is 0 Å². The van der Waals surface area contributed by atoms with E-state index in [1.807, 2.05) is 0 Å². The van der Waals surface area contributed by atoms with Gasteiger partial charge < -0.3 is 28.4 Å². The molecule has 0 bridgehead atoms. The normalized spacial score (nSPS) is 11.9. The summed E-state index contributed by atoms with van der Waals surface area (Å²) in [5.41, 5.74) is -0.536. The lowest BCUT2D eigenvalue weighted by Gasteiger charge is -2.29. The van der Waals surface area contributed by atoms with Crippen LogP contribution in [0, 0.1) is 0 Å². The topological polar surface area (TPSA) is 89.5 Å². The second-order valence-electron chi connectivity index (χ2n) is 4.71. The number of carbonyl (C=O) groups excluding carboxylic acids is 2. The molecule has 140 valence electrons. The van der Waals surface area contributed by atoms with Crippen LogP contribution in [0.1, 0.15) is 41.5 Å². The van der Waals surface area contributed by atoms with Crippen molar-refractivity contribution in [2.24, 2.45) is 0 Å².